The Morgan fingerprint density at radius 1 is 1.24 bits per heavy atom. The summed E-state index contributed by atoms with van der Waals surface area (Å²) in [6.07, 6.45) is -0.100. The van der Waals surface area contributed by atoms with Gasteiger partial charge in [0.25, 0.3) is 0 Å². The lowest BCUT2D eigenvalue weighted by atomic mass is 10.3. The van der Waals surface area contributed by atoms with Gasteiger partial charge in [0.1, 0.15) is 17.5 Å². The number of anilines is 3. The minimum Gasteiger partial charge on any atom is -0.473 e. The molecule has 0 saturated carbocycles. The van der Waals surface area contributed by atoms with Crippen molar-refractivity contribution in [2.24, 2.45) is 0 Å². The SMILES string of the molecule is CC(C)Oc1nc(Nc2cc(F)c(Br)cc2F)ccc1N. The molecule has 3 N–H and O–H groups in total. The van der Waals surface area contributed by atoms with Gasteiger partial charge in [-0.15, -0.1) is 0 Å². The smallest absolute Gasteiger partial charge is 0.239 e. The molecule has 0 amide bonds. The highest BCUT2D eigenvalue weighted by atomic mass is 79.9. The normalized spacial score (nSPS) is 10.8. The topological polar surface area (TPSA) is 60.2 Å². The predicted octanol–water partition coefficient (Wildman–Crippen LogP) is 4.24. The Morgan fingerprint density at radius 2 is 1.95 bits per heavy atom. The standard InChI is InChI=1S/C14H14BrF2N3O/c1-7(2)21-14-11(18)3-4-13(20-14)19-12-6-9(16)8(15)5-10(12)17/h3-7H,18H2,1-2H3,(H,19,20). The minimum absolute atomic E-state index is 0.0246. The zero-order valence-corrected chi connectivity index (χ0v) is 13.0. The third-order valence-electron chi connectivity index (χ3n) is 2.51. The van der Waals surface area contributed by atoms with Crippen LogP contribution in [0.4, 0.5) is 26.0 Å². The minimum atomic E-state index is -0.603. The van der Waals surface area contributed by atoms with Crippen LogP contribution in [0.2, 0.25) is 0 Å². The molecule has 0 aliphatic heterocycles. The number of pyridine rings is 1. The van der Waals surface area contributed by atoms with E-state index in [0.29, 0.717) is 11.5 Å². The molecular formula is C14H14BrF2N3O. The van der Waals surface area contributed by atoms with E-state index in [1.54, 1.807) is 12.1 Å². The van der Waals surface area contributed by atoms with Gasteiger partial charge in [-0.25, -0.2) is 8.78 Å². The molecule has 0 saturated heterocycles. The van der Waals surface area contributed by atoms with Crippen LogP contribution in [-0.2, 0) is 0 Å². The molecule has 0 aliphatic carbocycles. The fourth-order valence-electron chi connectivity index (χ4n) is 1.59. The van der Waals surface area contributed by atoms with Crippen molar-refractivity contribution in [2.45, 2.75) is 20.0 Å². The quantitative estimate of drug-likeness (QED) is 0.803. The highest BCUT2D eigenvalue weighted by molar-refractivity contribution is 9.10. The van der Waals surface area contributed by atoms with Crippen LogP contribution >= 0.6 is 15.9 Å². The lowest BCUT2D eigenvalue weighted by Gasteiger charge is -2.13. The van der Waals surface area contributed by atoms with E-state index in [0.717, 1.165) is 12.1 Å². The third-order valence-corrected chi connectivity index (χ3v) is 3.12. The van der Waals surface area contributed by atoms with Gasteiger partial charge in [-0.3, -0.25) is 0 Å². The lowest BCUT2D eigenvalue weighted by Crippen LogP contribution is -2.09. The Labute approximate surface area is 129 Å². The molecule has 0 radical (unpaired) electrons. The van der Waals surface area contributed by atoms with Crippen molar-refractivity contribution in [3.05, 3.63) is 40.4 Å². The van der Waals surface area contributed by atoms with Gasteiger partial charge < -0.3 is 15.8 Å². The molecule has 1 aromatic carbocycles. The first-order chi connectivity index (χ1) is 9.86. The van der Waals surface area contributed by atoms with Crippen molar-refractivity contribution in [3.8, 4) is 5.88 Å². The molecule has 112 valence electrons. The summed E-state index contributed by atoms with van der Waals surface area (Å²) in [5.74, 6) is -0.630. The fourth-order valence-corrected chi connectivity index (χ4v) is 1.91. The Kier molecular flexibility index (Phi) is 4.62. The molecule has 0 fully saturated rings. The largest absolute Gasteiger partial charge is 0.473 e. The molecule has 21 heavy (non-hydrogen) atoms. The molecule has 0 unspecified atom stereocenters. The Bertz CT molecular complexity index is 665. The molecule has 1 heterocycles. The van der Waals surface area contributed by atoms with Gasteiger partial charge in [0.15, 0.2) is 0 Å². The van der Waals surface area contributed by atoms with Crippen LogP contribution in [0, 0.1) is 11.6 Å². The maximum absolute atomic E-state index is 13.8. The number of nitrogens with zero attached hydrogens (tertiary/aromatic N) is 1. The number of halogens is 3. The highest BCUT2D eigenvalue weighted by Gasteiger charge is 2.11. The molecular weight excluding hydrogens is 344 g/mol. The van der Waals surface area contributed by atoms with E-state index in [1.807, 2.05) is 13.8 Å². The molecule has 2 rings (SSSR count). The predicted molar refractivity (Wildman–Crippen MR) is 81.8 cm³/mol. The van der Waals surface area contributed by atoms with Crippen LogP contribution in [0.15, 0.2) is 28.7 Å². The van der Waals surface area contributed by atoms with E-state index in [-0.39, 0.29) is 22.1 Å². The highest BCUT2D eigenvalue weighted by Crippen LogP contribution is 2.28. The zero-order chi connectivity index (χ0) is 15.6. The van der Waals surface area contributed by atoms with Crippen molar-refractivity contribution in [3.63, 3.8) is 0 Å². The average Bonchev–Trinajstić information content (AvgIpc) is 2.39. The van der Waals surface area contributed by atoms with E-state index in [2.05, 4.69) is 26.2 Å². The number of hydrogen-bond acceptors (Lipinski definition) is 4. The summed E-state index contributed by atoms with van der Waals surface area (Å²) in [4.78, 5) is 4.14. The summed E-state index contributed by atoms with van der Waals surface area (Å²) in [6, 6.07) is 5.23. The van der Waals surface area contributed by atoms with Gasteiger partial charge in [-0.05, 0) is 48.0 Å². The second-order valence-corrected chi connectivity index (χ2v) is 5.48. The average molecular weight is 358 g/mol. The lowest BCUT2D eigenvalue weighted by molar-refractivity contribution is 0.234. The number of aromatic nitrogens is 1. The number of nitrogen functional groups attached to an aromatic ring is 1. The summed E-state index contributed by atoms with van der Waals surface area (Å²) in [5.41, 5.74) is 6.10. The van der Waals surface area contributed by atoms with Crippen LogP contribution in [0.1, 0.15) is 13.8 Å². The van der Waals surface area contributed by atoms with Gasteiger partial charge in [0.2, 0.25) is 5.88 Å². The summed E-state index contributed by atoms with van der Waals surface area (Å²) in [7, 11) is 0. The molecule has 7 heteroatoms. The van der Waals surface area contributed by atoms with E-state index < -0.39 is 11.6 Å². The first-order valence-electron chi connectivity index (χ1n) is 6.21. The first kappa shape index (κ1) is 15.5. The molecule has 0 atom stereocenters. The number of nitrogens with one attached hydrogen (secondary N) is 1. The Balaban J connectivity index is 2.30. The van der Waals surface area contributed by atoms with E-state index in [9.17, 15) is 8.78 Å². The Hall–Kier alpha value is -1.89. The van der Waals surface area contributed by atoms with Gasteiger partial charge in [0, 0.05) is 6.07 Å². The van der Waals surface area contributed by atoms with Crippen molar-refractivity contribution in [1.82, 2.24) is 4.98 Å². The summed E-state index contributed by atoms with van der Waals surface area (Å²) in [5, 5.41) is 2.70. The van der Waals surface area contributed by atoms with Crippen LogP contribution < -0.4 is 15.8 Å². The van der Waals surface area contributed by atoms with Crippen LogP contribution in [-0.4, -0.2) is 11.1 Å². The molecule has 0 bridgehead atoms. The number of nitrogens with two attached hydrogens (primary N) is 1. The number of hydrogen-bond donors (Lipinski definition) is 2. The van der Waals surface area contributed by atoms with Gasteiger partial charge in [0.05, 0.1) is 22.0 Å². The van der Waals surface area contributed by atoms with Crippen LogP contribution in [0.25, 0.3) is 0 Å². The van der Waals surface area contributed by atoms with Gasteiger partial charge >= 0.3 is 0 Å². The summed E-state index contributed by atoms with van der Waals surface area (Å²) >= 11 is 2.92. The van der Waals surface area contributed by atoms with E-state index in [4.69, 9.17) is 10.5 Å². The number of rotatable bonds is 4. The third kappa shape index (κ3) is 3.81. The van der Waals surface area contributed by atoms with Crippen LogP contribution in [0.3, 0.4) is 0 Å². The monoisotopic (exact) mass is 357 g/mol. The maximum Gasteiger partial charge on any atom is 0.239 e. The number of ether oxygens (including phenoxy) is 1. The Morgan fingerprint density at radius 3 is 2.62 bits per heavy atom. The zero-order valence-electron chi connectivity index (χ0n) is 11.5. The molecule has 4 nitrogen and oxygen atoms in total. The fraction of sp³-hybridized carbons (Fsp3) is 0.214. The van der Waals surface area contributed by atoms with E-state index in [1.165, 1.54) is 0 Å². The number of benzene rings is 1. The maximum atomic E-state index is 13.8. The van der Waals surface area contributed by atoms with Crippen molar-refractivity contribution in [1.29, 1.82) is 0 Å². The van der Waals surface area contributed by atoms with Gasteiger partial charge in [-0.2, -0.15) is 4.98 Å². The van der Waals surface area contributed by atoms with E-state index >= 15 is 0 Å². The van der Waals surface area contributed by atoms with Crippen molar-refractivity contribution >= 4 is 33.1 Å². The summed E-state index contributed by atoms with van der Waals surface area (Å²) < 4.78 is 32.7. The molecule has 2 aromatic rings. The van der Waals surface area contributed by atoms with Gasteiger partial charge in [-0.1, -0.05) is 0 Å². The van der Waals surface area contributed by atoms with Crippen molar-refractivity contribution in [2.75, 3.05) is 11.1 Å². The molecule has 0 aliphatic rings. The van der Waals surface area contributed by atoms with Crippen molar-refractivity contribution < 1.29 is 13.5 Å². The molecule has 1 aromatic heterocycles. The molecule has 0 spiro atoms. The first-order valence-corrected chi connectivity index (χ1v) is 7.01. The van der Waals surface area contributed by atoms with Crippen LogP contribution in [0.5, 0.6) is 5.88 Å². The second kappa shape index (κ2) is 6.26. The summed E-state index contributed by atoms with van der Waals surface area (Å²) in [6.45, 7) is 3.68. The second-order valence-electron chi connectivity index (χ2n) is 4.63.